The Bertz CT molecular complexity index is 228. The van der Waals surface area contributed by atoms with Gasteiger partial charge in [0.1, 0.15) is 0 Å². The van der Waals surface area contributed by atoms with E-state index in [9.17, 15) is 4.79 Å². The molecule has 1 rings (SSSR count). The fraction of sp³-hybridized carbons (Fsp3) is 0.929. The lowest BCUT2D eigenvalue weighted by atomic mass is 9.95. The molecule has 3 N–H and O–H groups in total. The van der Waals surface area contributed by atoms with Gasteiger partial charge in [0.2, 0.25) is 5.91 Å². The minimum Gasteiger partial charge on any atom is -0.353 e. The molecule has 1 amide bonds. The van der Waals surface area contributed by atoms with E-state index >= 15 is 0 Å². The maximum Gasteiger partial charge on any atom is 0.220 e. The van der Waals surface area contributed by atoms with Gasteiger partial charge in [0.05, 0.1) is 0 Å². The van der Waals surface area contributed by atoms with Gasteiger partial charge in [0, 0.05) is 17.7 Å². The molecule has 1 fully saturated rings. The van der Waals surface area contributed by atoms with Crippen molar-refractivity contribution in [2.45, 2.75) is 69.1 Å². The second-order valence-electron chi connectivity index (χ2n) is 5.23. The summed E-state index contributed by atoms with van der Waals surface area (Å²) in [7, 11) is 0. The minimum atomic E-state index is 0.246. The van der Waals surface area contributed by atoms with E-state index in [-0.39, 0.29) is 5.91 Å². The number of rotatable bonds is 8. The molecule has 0 aromatic carbocycles. The zero-order valence-corrected chi connectivity index (χ0v) is 12.4. The van der Waals surface area contributed by atoms with Gasteiger partial charge in [0.15, 0.2) is 0 Å². The SMILES string of the molecule is CSC1CCC(NC(=O)CCCCCCN)CC1. The Morgan fingerprint density at radius 3 is 2.44 bits per heavy atom. The van der Waals surface area contributed by atoms with Crippen LogP contribution in [-0.2, 0) is 4.79 Å². The molecular weight excluding hydrogens is 244 g/mol. The molecule has 0 bridgehead atoms. The monoisotopic (exact) mass is 272 g/mol. The van der Waals surface area contributed by atoms with Crippen molar-refractivity contribution >= 4 is 17.7 Å². The Hall–Kier alpha value is -0.220. The largest absolute Gasteiger partial charge is 0.353 e. The number of nitrogens with one attached hydrogen (secondary N) is 1. The molecule has 0 saturated heterocycles. The highest BCUT2D eigenvalue weighted by Gasteiger charge is 2.21. The molecule has 0 spiro atoms. The third kappa shape index (κ3) is 6.64. The van der Waals surface area contributed by atoms with Crippen LogP contribution in [0.3, 0.4) is 0 Å². The van der Waals surface area contributed by atoms with Crippen LogP contribution in [0.15, 0.2) is 0 Å². The third-order valence-electron chi connectivity index (χ3n) is 3.73. The Morgan fingerprint density at radius 2 is 1.83 bits per heavy atom. The molecule has 0 aromatic heterocycles. The summed E-state index contributed by atoms with van der Waals surface area (Å²) in [5.74, 6) is 0.246. The lowest BCUT2D eigenvalue weighted by Gasteiger charge is -2.28. The maximum absolute atomic E-state index is 11.8. The second kappa shape index (κ2) is 9.68. The predicted octanol–water partition coefficient (Wildman–Crippen LogP) is 2.69. The molecule has 18 heavy (non-hydrogen) atoms. The smallest absolute Gasteiger partial charge is 0.220 e. The van der Waals surface area contributed by atoms with Gasteiger partial charge in [-0.1, -0.05) is 12.8 Å². The number of thioether (sulfide) groups is 1. The highest BCUT2D eigenvalue weighted by atomic mass is 32.2. The normalized spacial score (nSPS) is 23.9. The molecule has 1 aliphatic rings. The number of carbonyl (C=O) groups is 1. The maximum atomic E-state index is 11.8. The Kier molecular flexibility index (Phi) is 8.51. The summed E-state index contributed by atoms with van der Waals surface area (Å²) in [6.07, 6.45) is 12.1. The molecule has 1 saturated carbocycles. The van der Waals surface area contributed by atoms with E-state index in [0.29, 0.717) is 12.5 Å². The molecule has 0 unspecified atom stereocenters. The molecule has 3 nitrogen and oxygen atoms in total. The zero-order chi connectivity index (χ0) is 13.2. The van der Waals surface area contributed by atoms with E-state index in [1.54, 1.807) is 0 Å². The average molecular weight is 272 g/mol. The summed E-state index contributed by atoms with van der Waals surface area (Å²) < 4.78 is 0. The fourth-order valence-corrected chi connectivity index (χ4v) is 3.27. The van der Waals surface area contributed by atoms with Crippen LogP contribution in [0.1, 0.15) is 57.8 Å². The van der Waals surface area contributed by atoms with Crippen molar-refractivity contribution in [2.75, 3.05) is 12.8 Å². The van der Waals surface area contributed by atoms with Gasteiger partial charge >= 0.3 is 0 Å². The van der Waals surface area contributed by atoms with Crippen LogP contribution in [0, 0.1) is 0 Å². The van der Waals surface area contributed by atoms with Gasteiger partial charge in [-0.2, -0.15) is 11.8 Å². The van der Waals surface area contributed by atoms with Crippen LogP contribution >= 0.6 is 11.8 Å². The lowest BCUT2D eigenvalue weighted by molar-refractivity contribution is -0.122. The molecule has 1 aliphatic carbocycles. The Morgan fingerprint density at radius 1 is 1.17 bits per heavy atom. The minimum absolute atomic E-state index is 0.246. The first-order chi connectivity index (χ1) is 8.76. The van der Waals surface area contributed by atoms with Gasteiger partial charge in [0.25, 0.3) is 0 Å². The van der Waals surface area contributed by atoms with Crippen molar-refractivity contribution in [2.24, 2.45) is 5.73 Å². The van der Waals surface area contributed by atoms with Crippen molar-refractivity contribution in [1.29, 1.82) is 0 Å². The van der Waals surface area contributed by atoms with Crippen molar-refractivity contribution in [1.82, 2.24) is 5.32 Å². The first kappa shape index (κ1) is 15.8. The van der Waals surface area contributed by atoms with Crippen LogP contribution in [0.2, 0.25) is 0 Å². The zero-order valence-electron chi connectivity index (χ0n) is 11.6. The number of nitrogens with two attached hydrogens (primary N) is 1. The van der Waals surface area contributed by atoms with E-state index in [1.165, 1.54) is 12.8 Å². The van der Waals surface area contributed by atoms with E-state index in [4.69, 9.17) is 5.73 Å². The van der Waals surface area contributed by atoms with Crippen LogP contribution in [0.25, 0.3) is 0 Å². The highest BCUT2D eigenvalue weighted by Crippen LogP contribution is 2.26. The molecule has 0 aliphatic heterocycles. The first-order valence-corrected chi connectivity index (χ1v) is 8.57. The Labute approximate surface area is 116 Å². The van der Waals surface area contributed by atoms with Gasteiger partial charge in [-0.15, -0.1) is 0 Å². The third-order valence-corrected chi connectivity index (χ3v) is 4.87. The predicted molar refractivity (Wildman–Crippen MR) is 79.8 cm³/mol. The van der Waals surface area contributed by atoms with E-state index in [2.05, 4.69) is 11.6 Å². The second-order valence-corrected chi connectivity index (χ2v) is 6.37. The summed E-state index contributed by atoms with van der Waals surface area (Å²) in [5, 5.41) is 4.00. The summed E-state index contributed by atoms with van der Waals surface area (Å²) in [6, 6.07) is 0.435. The quantitative estimate of drug-likeness (QED) is 0.668. The lowest BCUT2D eigenvalue weighted by Crippen LogP contribution is -2.37. The van der Waals surface area contributed by atoms with E-state index in [0.717, 1.165) is 50.3 Å². The number of hydrogen-bond acceptors (Lipinski definition) is 3. The number of hydrogen-bond donors (Lipinski definition) is 2. The first-order valence-electron chi connectivity index (χ1n) is 7.28. The molecular formula is C14H28N2OS. The molecule has 0 atom stereocenters. The van der Waals surface area contributed by atoms with Gasteiger partial charge in [-0.05, 0) is 51.3 Å². The Balaban J connectivity index is 2.02. The van der Waals surface area contributed by atoms with Crippen LogP contribution < -0.4 is 11.1 Å². The van der Waals surface area contributed by atoms with Crippen LogP contribution in [-0.4, -0.2) is 30.0 Å². The summed E-state index contributed by atoms with van der Waals surface area (Å²) in [5.41, 5.74) is 5.44. The van der Waals surface area contributed by atoms with Gasteiger partial charge in [-0.25, -0.2) is 0 Å². The van der Waals surface area contributed by atoms with Crippen molar-refractivity contribution in [3.8, 4) is 0 Å². The van der Waals surface area contributed by atoms with Crippen molar-refractivity contribution in [3.05, 3.63) is 0 Å². The van der Waals surface area contributed by atoms with Crippen molar-refractivity contribution < 1.29 is 4.79 Å². The van der Waals surface area contributed by atoms with E-state index in [1.807, 2.05) is 11.8 Å². The number of carbonyl (C=O) groups excluding carboxylic acids is 1. The standard InChI is InChI=1S/C14H28N2OS/c1-18-13-9-7-12(8-10-13)16-14(17)6-4-2-3-5-11-15/h12-13H,2-11,15H2,1H3,(H,16,17). The summed E-state index contributed by atoms with van der Waals surface area (Å²) >= 11 is 1.97. The number of amides is 1. The molecule has 106 valence electrons. The van der Waals surface area contributed by atoms with E-state index < -0.39 is 0 Å². The van der Waals surface area contributed by atoms with Crippen LogP contribution in [0.4, 0.5) is 0 Å². The summed E-state index contributed by atoms with van der Waals surface area (Å²) in [4.78, 5) is 11.8. The van der Waals surface area contributed by atoms with Crippen LogP contribution in [0.5, 0.6) is 0 Å². The average Bonchev–Trinajstić information content (AvgIpc) is 2.39. The fourth-order valence-electron chi connectivity index (χ4n) is 2.53. The number of unbranched alkanes of at least 4 members (excludes halogenated alkanes) is 3. The molecule has 0 heterocycles. The topological polar surface area (TPSA) is 55.1 Å². The highest BCUT2D eigenvalue weighted by molar-refractivity contribution is 7.99. The molecule has 4 heteroatoms. The molecule has 0 aromatic rings. The van der Waals surface area contributed by atoms with Gasteiger partial charge in [-0.3, -0.25) is 4.79 Å². The van der Waals surface area contributed by atoms with Gasteiger partial charge < -0.3 is 11.1 Å². The summed E-state index contributed by atoms with van der Waals surface area (Å²) in [6.45, 7) is 0.769. The van der Waals surface area contributed by atoms with Crippen molar-refractivity contribution in [3.63, 3.8) is 0 Å². The molecule has 0 radical (unpaired) electrons.